The molecule has 0 saturated heterocycles. The standard InChI is InChI=1S/C17H16N4O2S/c1-10-4-2-5-11(8-10)19-16(23)21-17-20-15-12(13(22)9-18)6-3-7-14(15)24-17/h2-8H,9,18H2,1H3,(H2,19,20,21,23). The topological polar surface area (TPSA) is 97.1 Å². The SMILES string of the molecule is Cc1cccc(NC(=O)Nc2nc3c(C(=O)CN)cccc3s2)c1. The van der Waals surface area contributed by atoms with Crippen LogP contribution in [0.3, 0.4) is 0 Å². The van der Waals surface area contributed by atoms with Crippen molar-refractivity contribution in [1.82, 2.24) is 4.98 Å². The molecule has 0 atom stereocenters. The van der Waals surface area contributed by atoms with E-state index >= 15 is 0 Å². The Bertz CT molecular complexity index is 920. The summed E-state index contributed by atoms with van der Waals surface area (Å²) in [6.07, 6.45) is 0. The molecule has 0 spiro atoms. The lowest BCUT2D eigenvalue weighted by Crippen LogP contribution is -2.19. The number of rotatable bonds is 4. The maximum absolute atomic E-state index is 12.1. The van der Waals surface area contributed by atoms with Gasteiger partial charge < -0.3 is 11.1 Å². The summed E-state index contributed by atoms with van der Waals surface area (Å²) < 4.78 is 0.820. The van der Waals surface area contributed by atoms with Gasteiger partial charge in [-0.05, 0) is 36.8 Å². The summed E-state index contributed by atoms with van der Waals surface area (Å²) in [4.78, 5) is 28.3. The Morgan fingerprint density at radius 3 is 2.71 bits per heavy atom. The Kier molecular flexibility index (Phi) is 4.54. The number of amides is 2. The second-order valence-electron chi connectivity index (χ2n) is 5.25. The van der Waals surface area contributed by atoms with E-state index in [0.717, 1.165) is 10.3 Å². The van der Waals surface area contributed by atoms with Gasteiger partial charge in [-0.3, -0.25) is 10.1 Å². The highest BCUT2D eigenvalue weighted by molar-refractivity contribution is 7.22. The number of hydrogen-bond donors (Lipinski definition) is 3. The number of hydrogen-bond acceptors (Lipinski definition) is 5. The van der Waals surface area contributed by atoms with Gasteiger partial charge in [0, 0.05) is 11.3 Å². The van der Waals surface area contributed by atoms with Crippen molar-refractivity contribution in [3.05, 3.63) is 53.6 Å². The third-order valence-corrected chi connectivity index (χ3v) is 4.34. The number of ketones is 1. The van der Waals surface area contributed by atoms with Crippen LogP contribution < -0.4 is 16.4 Å². The van der Waals surface area contributed by atoms with E-state index in [1.807, 2.05) is 37.3 Å². The number of Topliss-reactive ketones (excluding diaryl/α,β-unsaturated/α-hetero) is 1. The molecule has 0 fully saturated rings. The number of thiazole rings is 1. The molecule has 3 aromatic rings. The summed E-state index contributed by atoms with van der Waals surface area (Å²) >= 11 is 1.31. The Labute approximate surface area is 142 Å². The lowest BCUT2D eigenvalue weighted by atomic mass is 10.1. The Hall–Kier alpha value is -2.77. The summed E-state index contributed by atoms with van der Waals surface area (Å²) in [7, 11) is 0. The van der Waals surface area contributed by atoms with Crippen LogP contribution in [0.5, 0.6) is 0 Å². The molecule has 122 valence electrons. The van der Waals surface area contributed by atoms with E-state index in [1.165, 1.54) is 11.3 Å². The van der Waals surface area contributed by atoms with Crippen molar-refractivity contribution in [2.45, 2.75) is 6.92 Å². The first-order valence-corrected chi connectivity index (χ1v) is 8.16. The van der Waals surface area contributed by atoms with Crippen molar-refractivity contribution in [3.8, 4) is 0 Å². The van der Waals surface area contributed by atoms with E-state index in [4.69, 9.17) is 5.73 Å². The maximum atomic E-state index is 12.1. The molecule has 2 aromatic carbocycles. The monoisotopic (exact) mass is 340 g/mol. The molecule has 0 aliphatic rings. The van der Waals surface area contributed by atoms with Gasteiger partial charge in [0.2, 0.25) is 0 Å². The highest BCUT2D eigenvalue weighted by Crippen LogP contribution is 2.28. The van der Waals surface area contributed by atoms with Crippen LogP contribution in [0, 0.1) is 6.92 Å². The Morgan fingerprint density at radius 2 is 1.96 bits per heavy atom. The van der Waals surface area contributed by atoms with Gasteiger partial charge in [0.15, 0.2) is 10.9 Å². The molecular weight excluding hydrogens is 324 g/mol. The van der Waals surface area contributed by atoms with Gasteiger partial charge in [0.1, 0.15) is 0 Å². The van der Waals surface area contributed by atoms with Gasteiger partial charge in [-0.15, -0.1) is 0 Å². The molecule has 0 saturated carbocycles. The van der Waals surface area contributed by atoms with Crippen LogP contribution in [-0.4, -0.2) is 23.3 Å². The summed E-state index contributed by atoms with van der Waals surface area (Å²) in [6, 6.07) is 12.4. The average molecular weight is 340 g/mol. The fourth-order valence-corrected chi connectivity index (χ4v) is 3.21. The molecular formula is C17H16N4O2S. The van der Waals surface area contributed by atoms with Crippen molar-refractivity contribution >= 4 is 44.2 Å². The van der Waals surface area contributed by atoms with Crippen LogP contribution in [0.2, 0.25) is 0 Å². The molecule has 0 bridgehead atoms. The molecule has 0 radical (unpaired) electrons. The lowest BCUT2D eigenvalue weighted by Gasteiger charge is -2.05. The predicted octanol–water partition coefficient (Wildman–Crippen LogP) is 3.39. The van der Waals surface area contributed by atoms with E-state index in [2.05, 4.69) is 15.6 Å². The Balaban J connectivity index is 1.80. The van der Waals surface area contributed by atoms with E-state index in [0.29, 0.717) is 21.9 Å². The molecule has 3 rings (SSSR count). The maximum Gasteiger partial charge on any atom is 0.325 e. The zero-order chi connectivity index (χ0) is 17.1. The minimum atomic E-state index is -0.383. The number of carbonyl (C=O) groups excluding carboxylic acids is 2. The number of carbonyl (C=O) groups is 2. The summed E-state index contributed by atoms with van der Waals surface area (Å²) in [5, 5.41) is 5.88. The summed E-state index contributed by atoms with van der Waals surface area (Å²) in [6.45, 7) is 1.87. The molecule has 0 unspecified atom stereocenters. The summed E-state index contributed by atoms with van der Waals surface area (Å²) in [5.74, 6) is -0.179. The number of aryl methyl sites for hydroxylation is 1. The molecule has 6 nitrogen and oxygen atoms in total. The van der Waals surface area contributed by atoms with Gasteiger partial charge in [0.25, 0.3) is 0 Å². The average Bonchev–Trinajstić information content (AvgIpc) is 2.96. The van der Waals surface area contributed by atoms with E-state index in [-0.39, 0.29) is 18.4 Å². The van der Waals surface area contributed by atoms with Crippen molar-refractivity contribution in [2.24, 2.45) is 5.73 Å². The van der Waals surface area contributed by atoms with Gasteiger partial charge in [-0.25, -0.2) is 9.78 Å². The van der Waals surface area contributed by atoms with E-state index in [1.54, 1.807) is 12.1 Å². The fourth-order valence-electron chi connectivity index (χ4n) is 2.32. The fraction of sp³-hybridized carbons (Fsp3) is 0.118. The highest BCUT2D eigenvalue weighted by atomic mass is 32.1. The quantitative estimate of drug-likeness (QED) is 0.634. The molecule has 2 amide bonds. The molecule has 1 aromatic heterocycles. The lowest BCUT2D eigenvalue weighted by molar-refractivity contribution is 0.100. The van der Waals surface area contributed by atoms with Gasteiger partial charge in [0.05, 0.1) is 16.8 Å². The van der Waals surface area contributed by atoms with Crippen molar-refractivity contribution in [3.63, 3.8) is 0 Å². The number of nitrogens with two attached hydrogens (primary N) is 1. The van der Waals surface area contributed by atoms with Gasteiger partial charge in [-0.2, -0.15) is 0 Å². The largest absolute Gasteiger partial charge is 0.325 e. The molecule has 4 N–H and O–H groups in total. The number of urea groups is 1. The van der Waals surface area contributed by atoms with Crippen LogP contribution >= 0.6 is 11.3 Å². The van der Waals surface area contributed by atoms with Gasteiger partial charge >= 0.3 is 6.03 Å². The van der Waals surface area contributed by atoms with Crippen molar-refractivity contribution in [1.29, 1.82) is 0 Å². The minimum Gasteiger partial charge on any atom is -0.324 e. The molecule has 0 aliphatic carbocycles. The minimum absolute atomic E-state index is 0.0761. The van der Waals surface area contributed by atoms with Crippen LogP contribution in [0.15, 0.2) is 42.5 Å². The van der Waals surface area contributed by atoms with Crippen LogP contribution in [-0.2, 0) is 0 Å². The Morgan fingerprint density at radius 1 is 1.17 bits per heavy atom. The number of para-hydroxylation sites is 1. The zero-order valence-electron chi connectivity index (χ0n) is 13.0. The van der Waals surface area contributed by atoms with Crippen molar-refractivity contribution < 1.29 is 9.59 Å². The number of anilines is 2. The number of benzene rings is 2. The number of nitrogens with zero attached hydrogens (tertiary/aromatic N) is 1. The van der Waals surface area contributed by atoms with E-state index < -0.39 is 0 Å². The first kappa shape index (κ1) is 16.1. The van der Waals surface area contributed by atoms with Gasteiger partial charge in [-0.1, -0.05) is 29.5 Å². The smallest absolute Gasteiger partial charge is 0.324 e. The number of aromatic nitrogens is 1. The number of nitrogens with one attached hydrogen (secondary N) is 2. The normalized spacial score (nSPS) is 10.6. The van der Waals surface area contributed by atoms with Crippen LogP contribution in [0.4, 0.5) is 15.6 Å². The molecule has 1 heterocycles. The molecule has 24 heavy (non-hydrogen) atoms. The third-order valence-electron chi connectivity index (χ3n) is 3.40. The first-order chi connectivity index (χ1) is 11.6. The summed E-state index contributed by atoms with van der Waals surface area (Å²) in [5.41, 5.74) is 8.21. The zero-order valence-corrected chi connectivity index (χ0v) is 13.8. The van der Waals surface area contributed by atoms with E-state index in [9.17, 15) is 9.59 Å². The second-order valence-corrected chi connectivity index (χ2v) is 6.28. The highest BCUT2D eigenvalue weighted by Gasteiger charge is 2.14. The second kappa shape index (κ2) is 6.77. The van der Waals surface area contributed by atoms with Crippen molar-refractivity contribution in [2.75, 3.05) is 17.2 Å². The van der Waals surface area contributed by atoms with Crippen LogP contribution in [0.25, 0.3) is 10.2 Å². The first-order valence-electron chi connectivity index (χ1n) is 7.34. The number of fused-ring (bicyclic) bond motifs is 1. The van der Waals surface area contributed by atoms with Crippen LogP contribution in [0.1, 0.15) is 15.9 Å². The molecule has 7 heteroatoms. The molecule has 0 aliphatic heterocycles. The third kappa shape index (κ3) is 3.42. The predicted molar refractivity (Wildman–Crippen MR) is 96.8 cm³/mol.